The quantitative estimate of drug-likeness (QED) is 0.113. The molecule has 0 saturated carbocycles. The zero-order valence-electron chi connectivity index (χ0n) is 40.1. The van der Waals surface area contributed by atoms with Gasteiger partial charge in [0.1, 0.15) is 11.6 Å². The van der Waals surface area contributed by atoms with Gasteiger partial charge in [-0.3, -0.25) is 4.90 Å². The van der Waals surface area contributed by atoms with E-state index < -0.39 is 11.6 Å². The van der Waals surface area contributed by atoms with E-state index >= 15 is 0 Å². The number of aryl methyl sites for hydroxylation is 2. The van der Waals surface area contributed by atoms with Crippen molar-refractivity contribution in [1.82, 2.24) is 10.2 Å². The van der Waals surface area contributed by atoms with Crippen LogP contribution in [0.2, 0.25) is 0 Å². The maximum Gasteiger partial charge on any atom is 0.130 e. The number of benzene rings is 4. The van der Waals surface area contributed by atoms with Gasteiger partial charge in [0.25, 0.3) is 0 Å². The van der Waals surface area contributed by atoms with Gasteiger partial charge in [0, 0.05) is 30.9 Å². The molecule has 1 aliphatic rings. The Morgan fingerprint density at radius 1 is 0.836 bits per heavy atom. The zero-order valence-corrected chi connectivity index (χ0v) is 40.1. The number of nitrogens with zero attached hydrogens (tertiary/aromatic N) is 1. The first kappa shape index (κ1) is 52.6. The molecule has 5 rings (SSSR count). The molecule has 0 radical (unpaired) electrons. The first-order valence-electron chi connectivity index (χ1n) is 22.9. The molecule has 0 saturated heterocycles. The van der Waals surface area contributed by atoms with E-state index in [-0.39, 0.29) is 6.04 Å². The lowest BCUT2D eigenvalue weighted by atomic mass is 9.84. The highest BCUT2D eigenvalue weighted by atomic mass is 19.1. The predicted molar refractivity (Wildman–Crippen MR) is 265 cm³/mol. The molecule has 3 unspecified atom stereocenters. The maximum atomic E-state index is 14.2. The van der Waals surface area contributed by atoms with Gasteiger partial charge in [-0.1, -0.05) is 184 Å². The molecule has 4 aromatic carbocycles. The molecule has 0 spiro atoms. The second-order valence-electron chi connectivity index (χ2n) is 17.6. The summed E-state index contributed by atoms with van der Waals surface area (Å²) < 4.78 is 27.8. The van der Waals surface area contributed by atoms with E-state index in [1.807, 2.05) is 31.2 Å². The minimum absolute atomic E-state index is 0.00859. The van der Waals surface area contributed by atoms with Gasteiger partial charge in [0.2, 0.25) is 0 Å². The minimum atomic E-state index is -0.427. The minimum Gasteiger partial charge on any atom is -0.388 e. The molecule has 332 valence electrons. The molecule has 61 heavy (non-hydrogen) atoms. The summed E-state index contributed by atoms with van der Waals surface area (Å²) in [5, 5.41) is 3.23. The molecule has 0 aliphatic carbocycles. The lowest BCUT2D eigenvalue weighted by Gasteiger charge is -2.26. The summed E-state index contributed by atoms with van der Waals surface area (Å²) in [6.45, 7) is 36.5. The summed E-state index contributed by atoms with van der Waals surface area (Å²) in [5.41, 5.74) is 12.0. The summed E-state index contributed by atoms with van der Waals surface area (Å²) in [5.74, 6) is 0.335. The smallest absolute Gasteiger partial charge is 0.130 e. The molecule has 1 heterocycles. The highest BCUT2D eigenvalue weighted by Gasteiger charge is 2.28. The molecule has 0 amide bonds. The third-order valence-corrected chi connectivity index (χ3v) is 11.6. The van der Waals surface area contributed by atoms with E-state index in [0.717, 1.165) is 35.9 Å². The van der Waals surface area contributed by atoms with Gasteiger partial charge in [0.15, 0.2) is 0 Å². The Labute approximate surface area is 372 Å². The number of hydrogen-bond donors (Lipinski definition) is 1. The van der Waals surface area contributed by atoms with Crippen molar-refractivity contribution in [2.24, 2.45) is 11.3 Å². The summed E-state index contributed by atoms with van der Waals surface area (Å²) in [6.07, 6.45) is 12.1. The van der Waals surface area contributed by atoms with Gasteiger partial charge in [-0.25, -0.2) is 8.78 Å². The van der Waals surface area contributed by atoms with Crippen LogP contribution in [0.3, 0.4) is 0 Å². The van der Waals surface area contributed by atoms with Gasteiger partial charge in [-0.2, -0.15) is 0 Å². The summed E-state index contributed by atoms with van der Waals surface area (Å²) in [4.78, 5) is 2.21. The molecule has 3 atom stereocenters. The van der Waals surface area contributed by atoms with Gasteiger partial charge < -0.3 is 5.32 Å². The average molecular weight is 831 g/mol. The van der Waals surface area contributed by atoms with Crippen LogP contribution < -0.4 is 5.32 Å². The molecule has 1 N–H and O–H groups in total. The van der Waals surface area contributed by atoms with Crippen molar-refractivity contribution >= 4 is 11.1 Å². The number of likely N-dealkylation sites (N-methyl/N-ethyl adjacent to an activating group) is 1. The van der Waals surface area contributed by atoms with E-state index in [4.69, 9.17) is 0 Å². The molecular weight excluding hydrogens is 751 g/mol. The highest BCUT2D eigenvalue weighted by molar-refractivity contribution is 5.71. The van der Waals surface area contributed by atoms with Crippen molar-refractivity contribution < 1.29 is 8.78 Å². The SMILES string of the molecule is C=C(C)C(C)CC.C=C(CN1CC(c2cc(F)ccc2F)=CC1c1ccccc1)NCC.CC/C(=C\C(C)c1ccccc1)c1cc(C)ccc1C.CCCC(C)(C)CCC. The fourth-order valence-corrected chi connectivity index (χ4v) is 7.71. The van der Waals surface area contributed by atoms with Crippen LogP contribution in [0.15, 0.2) is 134 Å². The van der Waals surface area contributed by atoms with Crippen LogP contribution in [-0.4, -0.2) is 24.5 Å². The monoisotopic (exact) mass is 831 g/mol. The van der Waals surface area contributed by atoms with E-state index in [0.29, 0.717) is 35.9 Å². The second-order valence-corrected chi connectivity index (χ2v) is 17.6. The molecule has 4 heteroatoms. The van der Waals surface area contributed by atoms with Crippen molar-refractivity contribution in [3.63, 3.8) is 0 Å². The topological polar surface area (TPSA) is 15.3 Å². The molecule has 4 aromatic rings. The molecule has 1 aliphatic heterocycles. The fraction of sp³-hybridized carbons (Fsp3) is 0.439. The van der Waals surface area contributed by atoms with Crippen LogP contribution in [0, 0.1) is 36.8 Å². The van der Waals surface area contributed by atoms with E-state index in [1.54, 1.807) is 0 Å². The normalized spacial score (nSPS) is 14.8. The van der Waals surface area contributed by atoms with E-state index in [1.165, 1.54) is 77.6 Å². The zero-order chi connectivity index (χ0) is 45.5. The largest absolute Gasteiger partial charge is 0.388 e. The Morgan fingerprint density at radius 3 is 1.97 bits per heavy atom. The number of rotatable bonds is 16. The van der Waals surface area contributed by atoms with Crippen LogP contribution in [0.1, 0.15) is 153 Å². The third kappa shape index (κ3) is 18.5. The van der Waals surface area contributed by atoms with Crippen molar-refractivity contribution in [2.45, 2.75) is 134 Å². The molecule has 0 aromatic heterocycles. The maximum absolute atomic E-state index is 14.2. The Kier molecular flexibility index (Phi) is 23.6. The lowest BCUT2D eigenvalue weighted by Crippen LogP contribution is -2.30. The first-order valence-corrected chi connectivity index (χ1v) is 22.9. The summed E-state index contributed by atoms with van der Waals surface area (Å²) >= 11 is 0. The molecule has 2 nitrogen and oxygen atoms in total. The van der Waals surface area contributed by atoms with Crippen LogP contribution >= 0.6 is 0 Å². The molecular formula is C57H80F2N2. The van der Waals surface area contributed by atoms with Crippen LogP contribution in [-0.2, 0) is 0 Å². The average Bonchev–Trinajstić information content (AvgIpc) is 3.65. The third-order valence-electron chi connectivity index (χ3n) is 11.6. The van der Waals surface area contributed by atoms with Gasteiger partial charge in [-0.05, 0) is 122 Å². The highest BCUT2D eigenvalue weighted by Crippen LogP contribution is 2.36. The number of allylic oxidation sites excluding steroid dienone is 3. The number of nitrogens with one attached hydrogen (secondary N) is 1. The summed E-state index contributed by atoms with van der Waals surface area (Å²) in [7, 11) is 0. The van der Waals surface area contributed by atoms with Gasteiger partial charge >= 0.3 is 0 Å². The standard InChI is InChI=1S/C21H22F2N2.C20H24.C9H20.C7H14/c1-3-24-15(2)13-25-14-17(19-12-18(22)9-10-20(19)23)11-21(25)16-7-5-4-6-8-16;1-5-18(20-13-15(2)11-12-16(20)3)14-17(4)19-9-7-6-8-10-19;1-5-7-9(3,4)8-6-2;1-5-7(4)6(2)3/h4-12,21,24H,2-3,13-14H2,1H3;6-14,17H,5H2,1-4H3;5-8H2,1-4H3;7H,2,5H2,1,3-4H3/b;18-14+;;. The predicted octanol–water partition coefficient (Wildman–Crippen LogP) is 16.7. The Balaban J connectivity index is 0.000000316. The van der Waals surface area contributed by atoms with Gasteiger partial charge in [0.05, 0.1) is 6.04 Å². The Morgan fingerprint density at radius 2 is 1.44 bits per heavy atom. The first-order chi connectivity index (χ1) is 29.0. The van der Waals surface area contributed by atoms with Crippen molar-refractivity contribution in [3.8, 4) is 0 Å². The summed E-state index contributed by atoms with van der Waals surface area (Å²) in [6, 6.07) is 31.1. The van der Waals surface area contributed by atoms with Crippen molar-refractivity contribution in [2.75, 3.05) is 19.6 Å². The van der Waals surface area contributed by atoms with Crippen molar-refractivity contribution in [1.29, 1.82) is 0 Å². The number of hydrogen-bond acceptors (Lipinski definition) is 2. The van der Waals surface area contributed by atoms with E-state index in [2.05, 4.69) is 166 Å². The molecule has 0 bridgehead atoms. The Hall–Kier alpha value is -4.54. The van der Waals surface area contributed by atoms with Crippen LogP contribution in [0.25, 0.3) is 11.1 Å². The van der Waals surface area contributed by atoms with Crippen LogP contribution in [0.5, 0.6) is 0 Å². The van der Waals surface area contributed by atoms with Crippen molar-refractivity contribution in [3.05, 3.63) is 179 Å². The number of halogens is 2. The Bertz CT molecular complexity index is 1950. The lowest BCUT2D eigenvalue weighted by molar-refractivity contribution is 0.296. The molecule has 0 fully saturated rings. The van der Waals surface area contributed by atoms with E-state index in [9.17, 15) is 8.78 Å². The second kappa shape index (κ2) is 27.4. The fourth-order valence-electron chi connectivity index (χ4n) is 7.71. The van der Waals surface area contributed by atoms with Gasteiger partial charge in [-0.15, -0.1) is 0 Å². The van der Waals surface area contributed by atoms with Crippen LogP contribution in [0.4, 0.5) is 8.78 Å².